The first kappa shape index (κ1) is 14.0. The van der Waals surface area contributed by atoms with Crippen LogP contribution in [0.25, 0.3) is 0 Å². The molecule has 0 aliphatic rings. The van der Waals surface area contributed by atoms with E-state index in [0.717, 1.165) is 6.42 Å². The quantitative estimate of drug-likeness (QED) is 0.690. The lowest BCUT2D eigenvalue weighted by Crippen LogP contribution is -2.43. The summed E-state index contributed by atoms with van der Waals surface area (Å²) < 4.78 is 0. The Labute approximate surface area is 89.9 Å². The fourth-order valence-electron chi connectivity index (χ4n) is 2.57. The Morgan fingerprint density at radius 2 is 1.43 bits per heavy atom. The molecule has 1 atom stereocenters. The van der Waals surface area contributed by atoms with Crippen molar-refractivity contribution in [2.24, 2.45) is 16.7 Å². The Bertz CT molecular complexity index is 153. The highest BCUT2D eigenvalue weighted by molar-refractivity contribution is 4.92. The van der Waals surface area contributed by atoms with Gasteiger partial charge in [0.1, 0.15) is 0 Å². The molecule has 0 heterocycles. The molecule has 0 radical (unpaired) electrons. The van der Waals surface area contributed by atoms with E-state index in [1.165, 1.54) is 12.8 Å². The smallest absolute Gasteiger partial charge is 0.0489 e. The summed E-state index contributed by atoms with van der Waals surface area (Å²) in [4.78, 5) is 0. The largest absolute Gasteiger partial charge is 0.396 e. The van der Waals surface area contributed by atoms with Crippen LogP contribution in [0.4, 0.5) is 0 Å². The molecular formula is C13H28O. The Hall–Kier alpha value is -0.0400. The van der Waals surface area contributed by atoms with Gasteiger partial charge >= 0.3 is 0 Å². The van der Waals surface area contributed by atoms with Gasteiger partial charge in [0.05, 0.1) is 0 Å². The number of aliphatic hydroxyl groups is 1. The molecule has 0 rings (SSSR count). The van der Waals surface area contributed by atoms with Crippen molar-refractivity contribution in [1.82, 2.24) is 0 Å². The lowest BCUT2D eigenvalue weighted by molar-refractivity contribution is -0.0290. The highest BCUT2D eigenvalue weighted by Gasteiger charge is 2.43. The zero-order valence-corrected chi connectivity index (χ0v) is 10.9. The predicted molar refractivity (Wildman–Crippen MR) is 63.3 cm³/mol. The van der Waals surface area contributed by atoms with Gasteiger partial charge in [0.25, 0.3) is 0 Å². The molecule has 0 bridgehead atoms. The summed E-state index contributed by atoms with van der Waals surface area (Å²) in [5.74, 6) is 0.708. The summed E-state index contributed by atoms with van der Waals surface area (Å²) in [6.07, 6.45) is 3.46. The van der Waals surface area contributed by atoms with Crippen LogP contribution in [0.5, 0.6) is 0 Å². The monoisotopic (exact) mass is 200 g/mol. The van der Waals surface area contributed by atoms with Crippen molar-refractivity contribution in [3.8, 4) is 0 Å². The summed E-state index contributed by atoms with van der Waals surface area (Å²) in [5.41, 5.74) is 0.281. The molecule has 1 N–H and O–H groups in total. The van der Waals surface area contributed by atoms with Gasteiger partial charge in [-0.25, -0.2) is 0 Å². The summed E-state index contributed by atoms with van der Waals surface area (Å²) in [7, 11) is 0. The van der Waals surface area contributed by atoms with Gasteiger partial charge in [-0.1, -0.05) is 54.4 Å². The summed E-state index contributed by atoms with van der Waals surface area (Å²) in [6.45, 7) is 13.8. The third kappa shape index (κ3) is 2.31. The van der Waals surface area contributed by atoms with Crippen LogP contribution in [0.15, 0.2) is 0 Å². The van der Waals surface area contributed by atoms with Crippen molar-refractivity contribution in [3.63, 3.8) is 0 Å². The van der Waals surface area contributed by atoms with Gasteiger partial charge in [0.2, 0.25) is 0 Å². The van der Waals surface area contributed by atoms with E-state index in [2.05, 4.69) is 41.5 Å². The molecule has 0 aromatic rings. The highest BCUT2D eigenvalue weighted by atomic mass is 16.3. The molecule has 0 fully saturated rings. The Morgan fingerprint density at radius 1 is 1.00 bits per heavy atom. The lowest BCUT2D eigenvalue weighted by Gasteiger charge is -2.47. The fourth-order valence-corrected chi connectivity index (χ4v) is 2.57. The third-order valence-corrected chi connectivity index (χ3v) is 4.69. The fraction of sp³-hybridized carbons (Fsp3) is 1.00. The van der Waals surface area contributed by atoms with Crippen LogP contribution in [0.2, 0.25) is 0 Å². The second-order valence-electron chi connectivity index (χ2n) is 5.31. The highest BCUT2D eigenvalue weighted by Crippen LogP contribution is 2.48. The average molecular weight is 200 g/mol. The van der Waals surface area contributed by atoms with Crippen LogP contribution in [0.3, 0.4) is 0 Å². The topological polar surface area (TPSA) is 20.2 Å². The van der Waals surface area contributed by atoms with Gasteiger partial charge in [0, 0.05) is 6.61 Å². The van der Waals surface area contributed by atoms with E-state index < -0.39 is 0 Å². The first-order valence-electron chi connectivity index (χ1n) is 6.00. The molecule has 0 saturated heterocycles. The first-order chi connectivity index (χ1) is 6.39. The average Bonchev–Trinajstić information content (AvgIpc) is 2.17. The molecule has 1 heteroatoms. The van der Waals surface area contributed by atoms with Gasteiger partial charge in [0.15, 0.2) is 0 Å². The molecule has 0 aromatic heterocycles. The van der Waals surface area contributed by atoms with Crippen molar-refractivity contribution in [2.75, 3.05) is 6.61 Å². The van der Waals surface area contributed by atoms with Crippen LogP contribution in [0, 0.1) is 16.7 Å². The summed E-state index contributed by atoms with van der Waals surface area (Å²) >= 11 is 0. The van der Waals surface area contributed by atoms with Crippen molar-refractivity contribution in [3.05, 3.63) is 0 Å². The van der Waals surface area contributed by atoms with Gasteiger partial charge in [-0.3, -0.25) is 0 Å². The van der Waals surface area contributed by atoms with Crippen molar-refractivity contribution < 1.29 is 5.11 Å². The molecule has 0 spiro atoms. The Balaban J connectivity index is 4.88. The SMILES string of the molecule is CCC(CC)C(C)(C)C(C)(CC)CO. The van der Waals surface area contributed by atoms with Gasteiger partial charge in [-0.15, -0.1) is 0 Å². The maximum atomic E-state index is 9.56. The van der Waals surface area contributed by atoms with E-state index in [-0.39, 0.29) is 10.8 Å². The zero-order chi connectivity index (χ0) is 11.4. The van der Waals surface area contributed by atoms with E-state index in [0.29, 0.717) is 12.5 Å². The molecule has 0 aliphatic heterocycles. The molecule has 0 saturated carbocycles. The van der Waals surface area contributed by atoms with E-state index in [9.17, 15) is 5.11 Å². The molecule has 86 valence electrons. The minimum Gasteiger partial charge on any atom is -0.396 e. The number of hydrogen-bond donors (Lipinski definition) is 1. The summed E-state index contributed by atoms with van der Waals surface area (Å²) in [5, 5.41) is 9.56. The normalized spacial score (nSPS) is 17.1. The maximum absolute atomic E-state index is 9.56. The third-order valence-electron chi connectivity index (χ3n) is 4.69. The second kappa shape index (κ2) is 5.16. The second-order valence-corrected chi connectivity index (χ2v) is 5.31. The van der Waals surface area contributed by atoms with Gasteiger partial charge < -0.3 is 5.11 Å². The van der Waals surface area contributed by atoms with E-state index in [1.807, 2.05) is 0 Å². The van der Waals surface area contributed by atoms with E-state index >= 15 is 0 Å². The molecule has 0 amide bonds. The molecule has 14 heavy (non-hydrogen) atoms. The van der Waals surface area contributed by atoms with Crippen LogP contribution in [0.1, 0.15) is 60.8 Å². The molecular weight excluding hydrogens is 172 g/mol. The maximum Gasteiger partial charge on any atom is 0.0489 e. The lowest BCUT2D eigenvalue weighted by atomic mass is 9.58. The van der Waals surface area contributed by atoms with Crippen molar-refractivity contribution >= 4 is 0 Å². The van der Waals surface area contributed by atoms with Gasteiger partial charge in [-0.2, -0.15) is 0 Å². The van der Waals surface area contributed by atoms with Crippen LogP contribution in [-0.2, 0) is 0 Å². The van der Waals surface area contributed by atoms with Crippen LogP contribution >= 0.6 is 0 Å². The molecule has 1 unspecified atom stereocenters. The minimum absolute atomic E-state index is 0.0592. The van der Waals surface area contributed by atoms with E-state index in [4.69, 9.17) is 0 Å². The predicted octanol–water partition coefficient (Wildman–Crippen LogP) is 3.86. The van der Waals surface area contributed by atoms with E-state index in [1.54, 1.807) is 0 Å². The van der Waals surface area contributed by atoms with Crippen molar-refractivity contribution in [2.45, 2.75) is 60.8 Å². The molecule has 0 aliphatic carbocycles. The summed E-state index contributed by atoms with van der Waals surface area (Å²) in [6, 6.07) is 0. The van der Waals surface area contributed by atoms with Crippen LogP contribution in [-0.4, -0.2) is 11.7 Å². The van der Waals surface area contributed by atoms with Crippen LogP contribution < -0.4 is 0 Å². The molecule has 1 nitrogen and oxygen atoms in total. The number of aliphatic hydroxyl groups excluding tert-OH is 1. The number of rotatable bonds is 6. The number of hydrogen-bond acceptors (Lipinski definition) is 1. The van der Waals surface area contributed by atoms with Crippen molar-refractivity contribution in [1.29, 1.82) is 0 Å². The molecule has 0 aromatic carbocycles. The Kier molecular flexibility index (Phi) is 5.14. The zero-order valence-electron chi connectivity index (χ0n) is 10.9. The minimum atomic E-state index is 0.0592. The van der Waals surface area contributed by atoms with Gasteiger partial charge in [-0.05, 0) is 23.2 Å². The standard InChI is InChI=1S/C13H28O/c1-7-11(8-2)12(4,5)13(6,9-3)10-14/h11,14H,7-10H2,1-6H3. The first-order valence-corrected chi connectivity index (χ1v) is 6.00. The Morgan fingerprint density at radius 3 is 1.64 bits per heavy atom.